The summed E-state index contributed by atoms with van der Waals surface area (Å²) in [6, 6.07) is 15.2. The zero-order chi connectivity index (χ0) is 14.7. The summed E-state index contributed by atoms with van der Waals surface area (Å²) >= 11 is 0. The molecule has 106 valence electrons. The van der Waals surface area contributed by atoms with Crippen molar-refractivity contribution in [3.05, 3.63) is 76.4 Å². The van der Waals surface area contributed by atoms with Gasteiger partial charge in [-0.15, -0.1) is 0 Å². The molecule has 1 N–H and O–H groups in total. The number of benzene rings is 2. The molecule has 0 fully saturated rings. The fraction of sp³-hybridized carbons (Fsp3) is 0.200. The molecule has 0 amide bonds. The molecule has 0 saturated heterocycles. The quantitative estimate of drug-likeness (QED) is 0.693. The van der Waals surface area contributed by atoms with E-state index in [0.29, 0.717) is 0 Å². The lowest BCUT2D eigenvalue weighted by Gasteiger charge is -2.13. The molecule has 0 unspecified atom stereocenters. The Hall–Kier alpha value is -2.12. The molecule has 0 atom stereocenters. The standard InChI is InChI=1S/C20H21N/c1-15-7-5-10-19-17(15)13-12-16-8-3-4-9-18(16)20(19)11-6-14-21-2/h3-5,7-13,21H,6,14H2,1-2H3. The third-order valence-electron chi connectivity index (χ3n) is 4.04. The fourth-order valence-electron chi connectivity index (χ4n) is 2.92. The zero-order valence-electron chi connectivity index (χ0n) is 12.7. The lowest BCUT2D eigenvalue weighted by molar-refractivity contribution is 0.808. The Morgan fingerprint density at radius 2 is 1.76 bits per heavy atom. The summed E-state index contributed by atoms with van der Waals surface area (Å²) < 4.78 is 0. The van der Waals surface area contributed by atoms with Crippen molar-refractivity contribution in [3.8, 4) is 0 Å². The molecule has 2 aromatic carbocycles. The maximum atomic E-state index is 3.22. The maximum Gasteiger partial charge on any atom is -0.00169 e. The van der Waals surface area contributed by atoms with Gasteiger partial charge in [-0.1, -0.05) is 60.7 Å². The molecule has 0 saturated carbocycles. The van der Waals surface area contributed by atoms with Crippen molar-refractivity contribution in [1.82, 2.24) is 5.32 Å². The van der Waals surface area contributed by atoms with E-state index in [1.54, 1.807) is 0 Å². The topological polar surface area (TPSA) is 12.0 Å². The van der Waals surface area contributed by atoms with E-state index in [4.69, 9.17) is 0 Å². The highest BCUT2D eigenvalue weighted by Crippen LogP contribution is 2.35. The SMILES string of the molecule is CNCCC=C1c2ccccc2C=Cc2c(C)cccc21. The predicted molar refractivity (Wildman–Crippen MR) is 92.2 cm³/mol. The number of fused-ring (bicyclic) bond motifs is 2. The average Bonchev–Trinajstić information content (AvgIpc) is 2.66. The van der Waals surface area contributed by atoms with Gasteiger partial charge in [0.1, 0.15) is 0 Å². The summed E-state index contributed by atoms with van der Waals surface area (Å²) in [5.41, 5.74) is 7.98. The molecule has 1 aliphatic carbocycles. The fourth-order valence-corrected chi connectivity index (χ4v) is 2.92. The molecule has 0 radical (unpaired) electrons. The molecule has 0 bridgehead atoms. The molecule has 0 heterocycles. The molecule has 1 nitrogen and oxygen atoms in total. The van der Waals surface area contributed by atoms with Crippen molar-refractivity contribution in [3.63, 3.8) is 0 Å². The minimum Gasteiger partial charge on any atom is -0.319 e. The van der Waals surface area contributed by atoms with Crippen LogP contribution in [0.15, 0.2) is 48.5 Å². The molecule has 0 spiro atoms. The number of hydrogen-bond acceptors (Lipinski definition) is 1. The lowest BCUT2D eigenvalue weighted by atomic mass is 9.91. The van der Waals surface area contributed by atoms with E-state index in [0.717, 1.165) is 13.0 Å². The highest BCUT2D eigenvalue weighted by molar-refractivity contribution is 5.94. The minimum absolute atomic E-state index is 1.00. The van der Waals surface area contributed by atoms with Gasteiger partial charge in [0.05, 0.1) is 0 Å². The van der Waals surface area contributed by atoms with Crippen LogP contribution in [0, 0.1) is 6.92 Å². The molecule has 0 aromatic heterocycles. The van der Waals surface area contributed by atoms with Gasteiger partial charge >= 0.3 is 0 Å². The van der Waals surface area contributed by atoms with Crippen molar-refractivity contribution in [1.29, 1.82) is 0 Å². The number of rotatable bonds is 3. The van der Waals surface area contributed by atoms with E-state index < -0.39 is 0 Å². The molecule has 1 aliphatic rings. The Bertz CT molecular complexity index is 708. The summed E-state index contributed by atoms with van der Waals surface area (Å²) in [5.74, 6) is 0. The average molecular weight is 275 g/mol. The van der Waals surface area contributed by atoms with Gasteiger partial charge in [0, 0.05) is 0 Å². The van der Waals surface area contributed by atoms with Crippen LogP contribution >= 0.6 is 0 Å². The Morgan fingerprint density at radius 1 is 0.952 bits per heavy atom. The number of nitrogens with one attached hydrogen (secondary N) is 1. The van der Waals surface area contributed by atoms with E-state index in [9.17, 15) is 0 Å². The van der Waals surface area contributed by atoms with Gasteiger partial charge in [0.2, 0.25) is 0 Å². The summed E-state index contributed by atoms with van der Waals surface area (Å²) in [5, 5.41) is 3.22. The Balaban J connectivity index is 2.20. The van der Waals surface area contributed by atoms with Crippen LogP contribution in [0.4, 0.5) is 0 Å². The maximum absolute atomic E-state index is 3.22. The van der Waals surface area contributed by atoms with E-state index in [2.05, 4.69) is 72.9 Å². The normalized spacial score (nSPS) is 14.7. The van der Waals surface area contributed by atoms with Crippen LogP contribution in [0.3, 0.4) is 0 Å². The van der Waals surface area contributed by atoms with Gasteiger partial charge < -0.3 is 5.32 Å². The molecule has 21 heavy (non-hydrogen) atoms. The van der Waals surface area contributed by atoms with Crippen LogP contribution in [-0.2, 0) is 0 Å². The lowest BCUT2D eigenvalue weighted by Crippen LogP contribution is -2.06. The van der Waals surface area contributed by atoms with Crippen LogP contribution in [0.1, 0.15) is 34.2 Å². The van der Waals surface area contributed by atoms with E-state index in [-0.39, 0.29) is 0 Å². The predicted octanol–water partition coefficient (Wildman–Crippen LogP) is 4.52. The van der Waals surface area contributed by atoms with Crippen LogP contribution in [0.5, 0.6) is 0 Å². The first kappa shape index (κ1) is 13.8. The molecule has 2 aromatic rings. The van der Waals surface area contributed by atoms with Gasteiger partial charge in [0.25, 0.3) is 0 Å². The third-order valence-corrected chi connectivity index (χ3v) is 4.04. The Kier molecular flexibility index (Phi) is 4.03. The largest absolute Gasteiger partial charge is 0.319 e. The number of aryl methyl sites for hydroxylation is 1. The van der Waals surface area contributed by atoms with Crippen molar-refractivity contribution in [2.45, 2.75) is 13.3 Å². The van der Waals surface area contributed by atoms with Gasteiger partial charge in [-0.05, 0) is 60.3 Å². The Morgan fingerprint density at radius 3 is 2.62 bits per heavy atom. The number of hydrogen-bond donors (Lipinski definition) is 1. The van der Waals surface area contributed by atoms with Crippen molar-refractivity contribution >= 4 is 17.7 Å². The van der Waals surface area contributed by atoms with E-state index >= 15 is 0 Å². The highest BCUT2D eigenvalue weighted by atomic mass is 14.8. The summed E-state index contributed by atoms with van der Waals surface area (Å²) in [4.78, 5) is 0. The first-order chi connectivity index (χ1) is 10.3. The van der Waals surface area contributed by atoms with Crippen molar-refractivity contribution in [2.24, 2.45) is 0 Å². The summed E-state index contributed by atoms with van der Waals surface area (Å²) in [7, 11) is 2.00. The van der Waals surface area contributed by atoms with Crippen molar-refractivity contribution < 1.29 is 0 Å². The zero-order valence-corrected chi connectivity index (χ0v) is 12.7. The van der Waals surface area contributed by atoms with Crippen molar-refractivity contribution in [2.75, 3.05) is 13.6 Å². The third kappa shape index (κ3) is 2.70. The van der Waals surface area contributed by atoms with Crippen LogP contribution in [-0.4, -0.2) is 13.6 Å². The smallest absolute Gasteiger partial charge is 0.00169 e. The minimum atomic E-state index is 1.00. The Labute approximate surface area is 127 Å². The summed E-state index contributed by atoms with van der Waals surface area (Å²) in [6.45, 7) is 3.19. The second kappa shape index (κ2) is 6.11. The van der Waals surface area contributed by atoms with Gasteiger partial charge in [-0.3, -0.25) is 0 Å². The first-order valence-electron chi connectivity index (χ1n) is 7.53. The molecular formula is C20H21N. The molecule has 3 rings (SSSR count). The van der Waals surface area contributed by atoms with E-state index in [1.807, 2.05) is 7.05 Å². The highest BCUT2D eigenvalue weighted by Gasteiger charge is 2.15. The summed E-state index contributed by atoms with van der Waals surface area (Å²) in [6.07, 6.45) is 7.89. The van der Waals surface area contributed by atoms with Gasteiger partial charge in [-0.2, -0.15) is 0 Å². The molecular weight excluding hydrogens is 254 g/mol. The second-order valence-electron chi connectivity index (χ2n) is 5.47. The van der Waals surface area contributed by atoms with Crippen LogP contribution in [0.25, 0.3) is 17.7 Å². The van der Waals surface area contributed by atoms with Gasteiger partial charge in [0.15, 0.2) is 0 Å². The molecule has 1 heteroatoms. The molecule has 0 aliphatic heterocycles. The second-order valence-corrected chi connectivity index (χ2v) is 5.47. The van der Waals surface area contributed by atoms with Crippen LogP contribution in [0.2, 0.25) is 0 Å². The van der Waals surface area contributed by atoms with Gasteiger partial charge in [-0.25, -0.2) is 0 Å². The monoisotopic (exact) mass is 275 g/mol. The first-order valence-corrected chi connectivity index (χ1v) is 7.53. The van der Waals surface area contributed by atoms with Crippen LogP contribution < -0.4 is 5.32 Å². The van der Waals surface area contributed by atoms with E-state index in [1.165, 1.54) is 33.4 Å².